The van der Waals surface area contributed by atoms with E-state index in [9.17, 15) is 9.59 Å². The van der Waals surface area contributed by atoms with Crippen molar-refractivity contribution in [3.05, 3.63) is 112 Å². The first-order chi connectivity index (χ1) is 16.1. The highest BCUT2D eigenvalue weighted by atomic mass is 16.2. The van der Waals surface area contributed by atoms with Gasteiger partial charge in [-0.2, -0.15) is 0 Å². The number of aromatic amines is 1. The zero-order chi connectivity index (χ0) is 23.2. The van der Waals surface area contributed by atoms with Crippen molar-refractivity contribution in [2.24, 2.45) is 0 Å². The van der Waals surface area contributed by atoms with Gasteiger partial charge in [0.1, 0.15) is 5.82 Å². The molecule has 33 heavy (non-hydrogen) atoms. The van der Waals surface area contributed by atoms with Gasteiger partial charge in [-0.05, 0) is 36.7 Å². The number of carbonyl (C=O) groups excluding carboxylic acids is 1. The van der Waals surface area contributed by atoms with Gasteiger partial charge in [0.05, 0.1) is 29.5 Å². The van der Waals surface area contributed by atoms with Crippen LogP contribution in [0.5, 0.6) is 0 Å². The number of likely N-dealkylation sites (N-methyl/N-ethyl adjacent to an activating group) is 1. The normalized spacial score (nSPS) is 12.2. The lowest BCUT2D eigenvalue weighted by Gasteiger charge is -2.29. The van der Waals surface area contributed by atoms with E-state index in [1.54, 1.807) is 6.07 Å². The van der Waals surface area contributed by atoms with Gasteiger partial charge >= 0.3 is 0 Å². The topological polar surface area (TPSA) is 78.1 Å². The summed E-state index contributed by atoms with van der Waals surface area (Å²) >= 11 is 0. The summed E-state index contributed by atoms with van der Waals surface area (Å²) in [6.07, 6.45) is 0. The van der Waals surface area contributed by atoms with E-state index in [0.717, 1.165) is 11.1 Å². The van der Waals surface area contributed by atoms with Crippen LogP contribution in [-0.2, 0) is 11.3 Å². The summed E-state index contributed by atoms with van der Waals surface area (Å²) in [4.78, 5) is 35.2. The lowest BCUT2D eigenvalue weighted by atomic mass is 9.98. The molecule has 4 aromatic rings. The first-order valence-corrected chi connectivity index (χ1v) is 11.2. The quantitative estimate of drug-likeness (QED) is 0.434. The van der Waals surface area contributed by atoms with E-state index in [0.29, 0.717) is 29.8 Å². The van der Waals surface area contributed by atoms with Gasteiger partial charge in [0.15, 0.2) is 0 Å². The standard InChI is InChI=1S/C27H28N4O2/c1-3-31(18-24-28-23-17-11-10-16-22(23)27(33)29-24)19(2)26(32)30-25(20-12-6-4-7-13-20)21-14-8-5-9-15-21/h4-17,19,25H,3,18H2,1-2H3,(H,30,32)(H,28,29,33)/t19-/m1/s1. The monoisotopic (exact) mass is 440 g/mol. The van der Waals surface area contributed by atoms with Crippen molar-refractivity contribution in [2.45, 2.75) is 32.5 Å². The molecule has 0 spiro atoms. The Hall–Kier alpha value is -3.77. The maximum Gasteiger partial charge on any atom is 0.258 e. The van der Waals surface area contributed by atoms with E-state index in [2.05, 4.69) is 15.3 Å². The van der Waals surface area contributed by atoms with Gasteiger partial charge in [-0.3, -0.25) is 14.5 Å². The third kappa shape index (κ3) is 5.18. The van der Waals surface area contributed by atoms with Gasteiger partial charge in [0.25, 0.3) is 5.56 Å². The Morgan fingerprint density at radius 1 is 0.939 bits per heavy atom. The predicted octanol–water partition coefficient (Wildman–Crippen LogP) is 4.04. The Labute approximate surface area is 193 Å². The fourth-order valence-corrected chi connectivity index (χ4v) is 4.00. The molecule has 0 bridgehead atoms. The zero-order valence-electron chi connectivity index (χ0n) is 18.9. The summed E-state index contributed by atoms with van der Waals surface area (Å²) in [5.74, 6) is 0.459. The second kappa shape index (κ2) is 10.2. The minimum atomic E-state index is -0.415. The Kier molecular flexibility index (Phi) is 6.95. The zero-order valence-corrected chi connectivity index (χ0v) is 18.9. The van der Waals surface area contributed by atoms with Crippen molar-refractivity contribution in [3.8, 4) is 0 Å². The van der Waals surface area contributed by atoms with Crippen LogP contribution in [0.4, 0.5) is 0 Å². The second-order valence-corrected chi connectivity index (χ2v) is 8.03. The van der Waals surface area contributed by atoms with Gasteiger partial charge in [-0.15, -0.1) is 0 Å². The summed E-state index contributed by atoms with van der Waals surface area (Å²) in [5, 5.41) is 3.78. The average molecular weight is 441 g/mol. The number of hydrogen-bond donors (Lipinski definition) is 2. The van der Waals surface area contributed by atoms with Gasteiger partial charge in [0, 0.05) is 0 Å². The number of carbonyl (C=O) groups is 1. The number of para-hydroxylation sites is 1. The highest BCUT2D eigenvalue weighted by Crippen LogP contribution is 2.22. The molecular formula is C27H28N4O2. The maximum absolute atomic E-state index is 13.3. The number of aromatic nitrogens is 2. The predicted molar refractivity (Wildman–Crippen MR) is 131 cm³/mol. The third-order valence-corrected chi connectivity index (χ3v) is 5.90. The van der Waals surface area contributed by atoms with E-state index in [1.165, 1.54) is 0 Å². The van der Waals surface area contributed by atoms with Gasteiger partial charge in [0.2, 0.25) is 5.91 Å². The van der Waals surface area contributed by atoms with E-state index >= 15 is 0 Å². The Balaban J connectivity index is 1.54. The molecule has 1 atom stereocenters. The molecule has 0 radical (unpaired) electrons. The van der Waals surface area contributed by atoms with Crippen LogP contribution in [0.1, 0.15) is 36.8 Å². The second-order valence-electron chi connectivity index (χ2n) is 8.03. The lowest BCUT2D eigenvalue weighted by Crippen LogP contribution is -2.46. The molecule has 168 valence electrons. The number of nitrogens with zero attached hydrogens (tertiary/aromatic N) is 2. The average Bonchev–Trinajstić information content (AvgIpc) is 2.86. The smallest absolute Gasteiger partial charge is 0.258 e. The molecule has 4 rings (SSSR count). The first-order valence-electron chi connectivity index (χ1n) is 11.2. The van der Waals surface area contributed by atoms with Crippen LogP contribution in [-0.4, -0.2) is 33.4 Å². The largest absolute Gasteiger partial charge is 0.344 e. The molecule has 0 saturated heterocycles. The van der Waals surface area contributed by atoms with Crippen molar-refractivity contribution in [2.75, 3.05) is 6.54 Å². The summed E-state index contributed by atoms with van der Waals surface area (Å²) in [7, 11) is 0. The highest BCUT2D eigenvalue weighted by Gasteiger charge is 2.25. The summed E-state index contributed by atoms with van der Waals surface area (Å²) in [6, 6.07) is 26.5. The Morgan fingerprint density at radius 3 is 2.12 bits per heavy atom. The maximum atomic E-state index is 13.3. The molecule has 1 amide bonds. The molecule has 0 fully saturated rings. The molecule has 6 heteroatoms. The van der Waals surface area contributed by atoms with Crippen LogP contribution < -0.4 is 10.9 Å². The fourth-order valence-electron chi connectivity index (χ4n) is 4.00. The molecular weight excluding hydrogens is 412 g/mol. The lowest BCUT2D eigenvalue weighted by molar-refractivity contribution is -0.126. The molecule has 3 aromatic carbocycles. The number of amides is 1. The Morgan fingerprint density at radius 2 is 1.52 bits per heavy atom. The van der Waals surface area contributed by atoms with E-state index in [4.69, 9.17) is 0 Å². The van der Waals surface area contributed by atoms with Crippen LogP contribution in [0.15, 0.2) is 89.7 Å². The molecule has 0 aliphatic carbocycles. The van der Waals surface area contributed by atoms with E-state index in [-0.39, 0.29) is 17.5 Å². The number of H-pyrrole nitrogens is 1. The van der Waals surface area contributed by atoms with Crippen LogP contribution in [0.2, 0.25) is 0 Å². The molecule has 0 unspecified atom stereocenters. The van der Waals surface area contributed by atoms with Crippen molar-refractivity contribution >= 4 is 16.8 Å². The number of rotatable bonds is 8. The summed E-state index contributed by atoms with van der Waals surface area (Å²) in [6.45, 7) is 4.87. The number of nitrogens with one attached hydrogen (secondary N) is 2. The Bertz CT molecular complexity index is 1230. The molecule has 2 N–H and O–H groups in total. The van der Waals surface area contributed by atoms with Crippen molar-refractivity contribution in [1.29, 1.82) is 0 Å². The molecule has 1 aromatic heterocycles. The van der Waals surface area contributed by atoms with Gasteiger partial charge < -0.3 is 10.3 Å². The highest BCUT2D eigenvalue weighted by molar-refractivity contribution is 5.82. The minimum Gasteiger partial charge on any atom is -0.344 e. The minimum absolute atomic E-state index is 0.0855. The van der Waals surface area contributed by atoms with E-state index in [1.807, 2.05) is 97.6 Å². The van der Waals surface area contributed by atoms with Crippen LogP contribution >= 0.6 is 0 Å². The molecule has 0 aliphatic rings. The number of fused-ring (bicyclic) bond motifs is 1. The van der Waals surface area contributed by atoms with Gasteiger partial charge in [-0.1, -0.05) is 79.7 Å². The molecule has 0 saturated carbocycles. The summed E-state index contributed by atoms with van der Waals surface area (Å²) in [5.41, 5.74) is 2.52. The molecule has 1 heterocycles. The van der Waals surface area contributed by atoms with Crippen LogP contribution in [0, 0.1) is 0 Å². The number of hydrogen-bond acceptors (Lipinski definition) is 4. The van der Waals surface area contributed by atoms with Crippen molar-refractivity contribution < 1.29 is 4.79 Å². The van der Waals surface area contributed by atoms with Crippen LogP contribution in [0.25, 0.3) is 10.9 Å². The van der Waals surface area contributed by atoms with Crippen LogP contribution in [0.3, 0.4) is 0 Å². The number of benzene rings is 3. The SMILES string of the molecule is CCN(Cc1nc2ccccc2c(=O)[nH]1)[C@H](C)C(=O)NC(c1ccccc1)c1ccccc1. The molecule has 6 nitrogen and oxygen atoms in total. The third-order valence-electron chi connectivity index (χ3n) is 5.90. The van der Waals surface area contributed by atoms with E-state index < -0.39 is 6.04 Å². The van der Waals surface area contributed by atoms with Crippen molar-refractivity contribution in [3.63, 3.8) is 0 Å². The summed E-state index contributed by atoms with van der Waals surface area (Å²) < 4.78 is 0. The fraction of sp³-hybridized carbons (Fsp3) is 0.222. The van der Waals surface area contributed by atoms with Crippen molar-refractivity contribution in [1.82, 2.24) is 20.2 Å². The van der Waals surface area contributed by atoms with Gasteiger partial charge in [-0.25, -0.2) is 4.98 Å². The molecule has 0 aliphatic heterocycles. The first kappa shape index (κ1) is 22.4.